The Bertz CT molecular complexity index is 118. The molecule has 3 heteroatoms. The van der Waals surface area contributed by atoms with E-state index in [1.165, 1.54) is 0 Å². The fourth-order valence-corrected chi connectivity index (χ4v) is 0.770. The highest BCUT2D eigenvalue weighted by Gasteiger charge is 2.12. The van der Waals surface area contributed by atoms with Gasteiger partial charge >= 0.3 is 0 Å². The lowest BCUT2D eigenvalue weighted by Gasteiger charge is -2.23. The van der Waals surface area contributed by atoms with Crippen LogP contribution in [0.15, 0.2) is 0 Å². The predicted molar refractivity (Wildman–Crippen MR) is 52.3 cm³/mol. The first-order chi connectivity index (χ1) is 5.33. The quantitative estimate of drug-likeness (QED) is 0.629. The lowest BCUT2D eigenvalue weighted by molar-refractivity contribution is 0.0781. The summed E-state index contributed by atoms with van der Waals surface area (Å²) in [4.78, 5) is 2.15. The molecule has 0 rings (SSSR count). The third kappa shape index (κ3) is 6.58. The number of hydrogen-bond donors (Lipinski definition) is 2. The molecule has 0 saturated carbocycles. The Kier molecular flexibility index (Phi) is 4.75. The number of hydrogen-bond acceptors (Lipinski definition) is 3. The van der Waals surface area contributed by atoms with Crippen LogP contribution in [-0.4, -0.2) is 48.8 Å². The molecule has 0 heterocycles. The van der Waals surface area contributed by atoms with Crippen LogP contribution in [0.5, 0.6) is 0 Å². The van der Waals surface area contributed by atoms with E-state index >= 15 is 0 Å². The highest BCUT2D eigenvalue weighted by Crippen LogP contribution is 1.97. The first kappa shape index (κ1) is 11.9. The minimum absolute atomic E-state index is 0.507. The minimum Gasteiger partial charge on any atom is -0.389 e. The van der Waals surface area contributed by atoms with Crippen LogP contribution >= 0.6 is 0 Å². The molecule has 0 aromatic rings. The number of likely N-dealkylation sites (N-methyl/N-ethyl adjacent to an activating group) is 1. The molecule has 0 fully saturated rings. The van der Waals surface area contributed by atoms with Crippen molar-refractivity contribution >= 4 is 0 Å². The SMILES string of the molecule is CC(CNCC(C)(C)O)N(C)C. The molecule has 0 aliphatic rings. The van der Waals surface area contributed by atoms with Crippen molar-refractivity contribution in [2.24, 2.45) is 0 Å². The summed E-state index contributed by atoms with van der Waals surface area (Å²) in [6.07, 6.45) is 0. The summed E-state index contributed by atoms with van der Waals surface area (Å²) in [6.45, 7) is 7.32. The van der Waals surface area contributed by atoms with Crippen LogP contribution in [-0.2, 0) is 0 Å². The van der Waals surface area contributed by atoms with Crippen molar-refractivity contribution in [3.8, 4) is 0 Å². The smallest absolute Gasteiger partial charge is 0.0715 e. The summed E-state index contributed by atoms with van der Waals surface area (Å²) < 4.78 is 0. The summed E-state index contributed by atoms with van der Waals surface area (Å²) in [7, 11) is 4.10. The van der Waals surface area contributed by atoms with Crippen molar-refractivity contribution in [1.82, 2.24) is 10.2 Å². The van der Waals surface area contributed by atoms with Crippen molar-refractivity contribution in [1.29, 1.82) is 0 Å². The van der Waals surface area contributed by atoms with Gasteiger partial charge < -0.3 is 15.3 Å². The van der Waals surface area contributed by atoms with Gasteiger partial charge in [0.1, 0.15) is 0 Å². The summed E-state index contributed by atoms with van der Waals surface area (Å²) in [6, 6.07) is 0.507. The standard InChI is InChI=1S/C9H22N2O/c1-8(11(4)5)6-10-7-9(2,3)12/h8,10,12H,6-7H2,1-5H3. The van der Waals surface area contributed by atoms with E-state index in [9.17, 15) is 5.11 Å². The zero-order valence-electron chi connectivity index (χ0n) is 8.89. The number of rotatable bonds is 5. The average Bonchev–Trinajstić information content (AvgIpc) is 1.84. The normalized spacial score (nSPS) is 15.2. The van der Waals surface area contributed by atoms with Gasteiger partial charge in [-0.2, -0.15) is 0 Å². The predicted octanol–water partition coefficient (Wildman–Crippen LogP) is 0.297. The molecule has 3 nitrogen and oxygen atoms in total. The molecular formula is C9H22N2O. The Morgan fingerprint density at radius 1 is 1.42 bits per heavy atom. The number of aliphatic hydroxyl groups is 1. The molecule has 1 atom stereocenters. The van der Waals surface area contributed by atoms with Crippen molar-refractivity contribution in [3.63, 3.8) is 0 Å². The molecule has 74 valence electrons. The molecule has 1 unspecified atom stereocenters. The average molecular weight is 174 g/mol. The highest BCUT2D eigenvalue weighted by molar-refractivity contribution is 4.71. The van der Waals surface area contributed by atoms with Gasteiger partial charge in [0.2, 0.25) is 0 Å². The Morgan fingerprint density at radius 3 is 2.25 bits per heavy atom. The zero-order valence-corrected chi connectivity index (χ0v) is 8.89. The van der Waals surface area contributed by atoms with E-state index in [1.54, 1.807) is 13.8 Å². The minimum atomic E-state index is -0.605. The van der Waals surface area contributed by atoms with E-state index in [1.807, 2.05) is 0 Å². The first-order valence-corrected chi connectivity index (χ1v) is 4.42. The number of nitrogens with one attached hydrogen (secondary N) is 1. The zero-order chi connectivity index (χ0) is 9.78. The molecule has 0 saturated heterocycles. The summed E-state index contributed by atoms with van der Waals surface area (Å²) >= 11 is 0. The molecule has 0 bridgehead atoms. The van der Waals surface area contributed by atoms with Crippen molar-refractivity contribution in [2.75, 3.05) is 27.2 Å². The molecule has 0 aliphatic carbocycles. The Morgan fingerprint density at radius 2 is 1.92 bits per heavy atom. The molecule has 0 aromatic heterocycles. The largest absolute Gasteiger partial charge is 0.389 e. The third-order valence-corrected chi connectivity index (χ3v) is 1.88. The van der Waals surface area contributed by atoms with Crippen molar-refractivity contribution in [3.05, 3.63) is 0 Å². The van der Waals surface area contributed by atoms with Gasteiger partial charge in [-0.1, -0.05) is 0 Å². The molecule has 12 heavy (non-hydrogen) atoms. The molecule has 0 aliphatic heterocycles. The molecule has 0 radical (unpaired) electrons. The van der Waals surface area contributed by atoms with Crippen LogP contribution in [0.3, 0.4) is 0 Å². The van der Waals surface area contributed by atoms with E-state index in [2.05, 4.69) is 31.2 Å². The molecule has 0 aromatic carbocycles. The van der Waals surface area contributed by atoms with Gasteiger partial charge in [-0.15, -0.1) is 0 Å². The topological polar surface area (TPSA) is 35.5 Å². The fourth-order valence-electron chi connectivity index (χ4n) is 0.770. The van der Waals surface area contributed by atoms with Gasteiger partial charge in [-0.05, 0) is 34.9 Å². The van der Waals surface area contributed by atoms with Crippen LogP contribution in [0.2, 0.25) is 0 Å². The lowest BCUT2D eigenvalue weighted by atomic mass is 10.1. The molecule has 0 spiro atoms. The monoisotopic (exact) mass is 174 g/mol. The van der Waals surface area contributed by atoms with Gasteiger partial charge in [0.15, 0.2) is 0 Å². The maximum absolute atomic E-state index is 9.39. The Balaban J connectivity index is 3.44. The Hall–Kier alpha value is -0.120. The molecule has 0 amide bonds. The van der Waals surface area contributed by atoms with E-state index in [4.69, 9.17) is 0 Å². The van der Waals surface area contributed by atoms with Gasteiger partial charge in [-0.3, -0.25) is 0 Å². The second-order valence-corrected chi connectivity index (χ2v) is 4.26. The molecule has 2 N–H and O–H groups in total. The first-order valence-electron chi connectivity index (χ1n) is 4.42. The van der Waals surface area contributed by atoms with Crippen molar-refractivity contribution in [2.45, 2.75) is 32.4 Å². The maximum Gasteiger partial charge on any atom is 0.0715 e. The van der Waals surface area contributed by atoms with Crippen molar-refractivity contribution < 1.29 is 5.11 Å². The fraction of sp³-hybridized carbons (Fsp3) is 1.00. The Labute approximate surface area is 75.8 Å². The summed E-state index contributed by atoms with van der Waals surface area (Å²) in [5.74, 6) is 0. The summed E-state index contributed by atoms with van der Waals surface area (Å²) in [5, 5.41) is 12.6. The number of nitrogens with zero attached hydrogens (tertiary/aromatic N) is 1. The van der Waals surface area contributed by atoms with E-state index in [0.29, 0.717) is 12.6 Å². The maximum atomic E-state index is 9.39. The second kappa shape index (κ2) is 4.80. The van der Waals surface area contributed by atoms with Crippen LogP contribution < -0.4 is 5.32 Å². The van der Waals surface area contributed by atoms with Gasteiger partial charge in [0.25, 0.3) is 0 Å². The molecular weight excluding hydrogens is 152 g/mol. The van der Waals surface area contributed by atoms with Crippen LogP contribution in [0.1, 0.15) is 20.8 Å². The van der Waals surface area contributed by atoms with Crippen LogP contribution in [0.25, 0.3) is 0 Å². The van der Waals surface area contributed by atoms with Crippen LogP contribution in [0, 0.1) is 0 Å². The summed E-state index contributed by atoms with van der Waals surface area (Å²) in [5.41, 5.74) is -0.605. The van der Waals surface area contributed by atoms with Gasteiger partial charge in [0.05, 0.1) is 5.60 Å². The van der Waals surface area contributed by atoms with E-state index in [0.717, 1.165) is 6.54 Å². The van der Waals surface area contributed by atoms with Gasteiger partial charge in [-0.25, -0.2) is 0 Å². The van der Waals surface area contributed by atoms with Gasteiger partial charge in [0, 0.05) is 19.1 Å². The third-order valence-electron chi connectivity index (χ3n) is 1.88. The van der Waals surface area contributed by atoms with E-state index in [-0.39, 0.29) is 0 Å². The second-order valence-electron chi connectivity index (χ2n) is 4.26. The van der Waals surface area contributed by atoms with Crippen LogP contribution in [0.4, 0.5) is 0 Å². The lowest BCUT2D eigenvalue weighted by Crippen LogP contribution is -2.41. The van der Waals surface area contributed by atoms with E-state index < -0.39 is 5.60 Å². The highest BCUT2D eigenvalue weighted by atomic mass is 16.3.